The Balaban J connectivity index is 0.000000162. The van der Waals surface area contributed by atoms with E-state index in [-0.39, 0.29) is 121 Å². The molecule has 27 nitrogen and oxygen atoms in total. The van der Waals surface area contributed by atoms with Crippen molar-refractivity contribution in [1.82, 2.24) is 78.8 Å². The second kappa shape index (κ2) is 43.1. The smallest absolute Gasteiger partial charge is 0.319 e. The zero-order valence-electron chi connectivity index (χ0n) is 77.7. The lowest BCUT2D eigenvalue weighted by Gasteiger charge is -2.44. The molecule has 0 aliphatic carbocycles. The lowest BCUT2D eigenvalue weighted by molar-refractivity contribution is -0.128. The van der Waals surface area contributed by atoms with Gasteiger partial charge >= 0.3 is 18.0 Å². The molecule has 0 unspecified atom stereocenters. The number of likely N-dealkylation sites (N-methyl/N-ethyl adjacent to an activating group) is 3. The first-order chi connectivity index (χ1) is 62.7. The number of allylic oxidation sites excluding steroid dienone is 1. The Morgan fingerprint density at radius 1 is 0.439 bits per heavy atom. The molecule has 0 bridgehead atoms. The molecule has 6 saturated heterocycles. The summed E-state index contributed by atoms with van der Waals surface area (Å²) >= 11 is 25.5. The Morgan fingerprint density at radius 2 is 0.750 bits per heavy atom. The van der Waals surface area contributed by atoms with Crippen LogP contribution in [0.3, 0.4) is 0 Å². The van der Waals surface area contributed by atoms with Gasteiger partial charge < -0.3 is 62.7 Å². The quantitative estimate of drug-likeness (QED) is 0.0607. The van der Waals surface area contributed by atoms with E-state index in [4.69, 9.17) is 89.8 Å². The van der Waals surface area contributed by atoms with E-state index < -0.39 is 22.7 Å². The van der Waals surface area contributed by atoms with Gasteiger partial charge in [-0.25, -0.2) is 13.2 Å². The fourth-order valence-corrected chi connectivity index (χ4v) is 19.3. The van der Waals surface area contributed by atoms with Crippen molar-refractivity contribution in [3.8, 4) is 51.4 Å². The molecule has 34 heteroatoms. The summed E-state index contributed by atoms with van der Waals surface area (Å²) in [6, 6.07) is 17.7. The molecule has 6 aromatic carbocycles. The van der Waals surface area contributed by atoms with E-state index in [1.165, 1.54) is 6.08 Å². The van der Waals surface area contributed by atoms with E-state index in [1.807, 2.05) is 125 Å². The van der Waals surface area contributed by atoms with Crippen LogP contribution in [0.4, 0.5) is 30.6 Å². The minimum atomic E-state index is -0.562. The minimum absolute atomic E-state index is 0. The number of hydrogen-bond donors (Lipinski definition) is 0. The third-order valence-electron chi connectivity index (χ3n) is 25.5. The monoisotopic (exact) mass is 1890 g/mol. The number of ether oxygens (including phenoxy) is 6. The highest BCUT2D eigenvalue weighted by Crippen LogP contribution is 2.48. The molecule has 12 aromatic rings. The zero-order valence-corrected chi connectivity index (χ0v) is 80.8. The standard InChI is InChI=1S/C32H37ClFN7O3.2C30H36ClFN6O2.C3H3ClO.C2H6.CH4/c1-7-25(42)40-14-20(4)41(15-19(40)3)31-23-12-24(33)27(26-18(2)8-9-21-13-35-39(6)30(21)26)28(34)29(23)36-32(37-31)44-17-22-16-38(5)10-11-43-22;2*1-17-6-8-19(3)38(14-17)29-22-12-23(31)25(24-18(2)7-9-20-13-33-37(5)28(20)24)26(32)27(22)34-30(35-29)40-16-21-15-36(4)10-11-39-21;1-2-3(4)5;1-2;/h7-9,12-13,19-20,22H,1,10-11,14-17H2,2-6H3;2*7,9,12-13,17,19,21H,6,8,10-11,14-16H2,1-5H3;2H,1H2;1-2H3;1H4/t19-,20+,22+;2*17-,19-,21-;;;/m100.../s1. The predicted molar refractivity (Wildman–Crippen MR) is 523 cm³/mol. The Kier molecular flexibility index (Phi) is 32.4. The summed E-state index contributed by atoms with van der Waals surface area (Å²) in [6.45, 7) is 39.5. The van der Waals surface area contributed by atoms with Crippen LogP contribution in [-0.2, 0) is 44.9 Å². The van der Waals surface area contributed by atoms with Crippen LogP contribution in [0, 0.1) is 50.1 Å². The number of piperidine rings is 2. The second-order valence-electron chi connectivity index (χ2n) is 35.3. The maximum absolute atomic E-state index is 16.9. The molecule has 6 aliphatic rings. The molecule has 706 valence electrons. The van der Waals surface area contributed by atoms with E-state index in [1.54, 1.807) is 43.6 Å². The molecule has 6 fully saturated rings. The van der Waals surface area contributed by atoms with Gasteiger partial charge in [0.2, 0.25) is 11.1 Å². The van der Waals surface area contributed by atoms with Crippen LogP contribution < -0.4 is 28.9 Å². The van der Waals surface area contributed by atoms with Crippen molar-refractivity contribution < 1.29 is 51.2 Å². The molecule has 18 rings (SSSR count). The van der Waals surface area contributed by atoms with Crippen LogP contribution in [0.5, 0.6) is 18.0 Å². The minimum Gasteiger partial charge on any atom is -0.461 e. The van der Waals surface area contributed by atoms with Gasteiger partial charge in [-0.15, -0.1) is 0 Å². The number of morpholine rings is 3. The molecule has 0 radical (unpaired) electrons. The fourth-order valence-electron chi connectivity index (χ4n) is 18.5. The fraction of sp³-hybridized carbons (Fsp3) is 0.480. The number of halogens is 7. The summed E-state index contributed by atoms with van der Waals surface area (Å²) in [5.41, 5.74) is 8.55. The largest absolute Gasteiger partial charge is 0.461 e. The van der Waals surface area contributed by atoms with Crippen molar-refractivity contribution in [3.05, 3.63) is 148 Å². The van der Waals surface area contributed by atoms with Gasteiger partial charge in [0.25, 0.3) is 0 Å². The van der Waals surface area contributed by atoms with Crippen molar-refractivity contribution in [2.75, 3.05) is 141 Å². The van der Waals surface area contributed by atoms with E-state index in [0.29, 0.717) is 123 Å². The van der Waals surface area contributed by atoms with Crippen molar-refractivity contribution in [2.45, 2.75) is 152 Å². The van der Waals surface area contributed by atoms with E-state index >= 15 is 13.2 Å². The van der Waals surface area contributed by atoms with Gasteiger partial charge in [-0.2, -0.15) is 45.2 Å². The molecule has 12 heterocycles. The number of rotatable bonds is 17. The Morgan fingerprint density at radius 3 is 1.05 bits per heavy atom. The molecule has 0 saturated carbocycles. The summed E-state index contributed by atoms with van der Waals surface area (Å²) in [7, 11) is 11.7. The first-order valence-corrected chi connectivity index (χ1v) is 46.4. The normalized spacial score (nSPS) is 21.0. The van der Waals surface area contributed by atoms with Crippen LogP contribution >= 0.6 is 46.4 Å². The molecule has 1 amide bonds. The summed E-state index contributed by atoms with van der Waals surface area (Å²) in [4.78, 5) is 65.4. The van der Waals surface area contributed by atoms with Crippen molar-refractivity contribution >= 4 is 140 Å². The molecule has 132 heavy (non-hydrogen) atoms. The number of piperazine rings is 1. The Bertz CT molecular complexity index is 6010. The van der Waals surface area contributed by atoms with Gasteiger partial charge in [0.05, 0.1) is 70.0 Å². The number of fused-ring (bicyclic) bond motifs is 6. The van der Waals surface area contributed by atoms with Crippen LogP contribution in [0.2, 0.25) is 15.1 Å². The first kappa shape index (κ1) is 99.4. The molecule has 0 spiro atoms. The van der Waals surface area contributed by atoms with Gasteiger partial charge in [0.1, 0.15) is 72.1 Å². The Labute approximate surface area is 790 Å². The number of carbonyl (C=O) groups is 2. The summed E-state index contributed by atoms with van der Waals surface area (Å²) in [5.74, 6) is 1.12. The van der Waals surface area contributed by atoms with Gasteiger partial charge in [0.15, 0.2) is 17.5 Å². The lowest BCUT2D eigenvalue weighted by atomic mass is 9.94. The number of hydrogen-bond acceptors (Lipinski definition) is 23. The van der Waals surface area contributed by atoms with Crippen molar-refractivity contribution in [2.24, 2.45) is 33.0 Å². The molecule has 6 aromatic heterocycles. The van der Waals surface area contributed by atoms with Crippen LogP contribution in [0.1, 0.15) is 105 Å². The highest BCUT2D eigenvalue weighted by molar-refractivity contribution is 6.66. The molecular formula is C98H122Cl4F3N19O8. The number of aromatic nitrogens is 12. The van der Waals surface area contributed by atoms with Gasteiger partial charge in [-0.3, -0.25) is 23.6 Å². The van der Waals surface area contributed by atoms with Crippen LogP contribution in [0.15, 0.2) is 98.5 Å². The van der Waals surface area contributed by atoms with Crippen molar-refractivity contribution in [1.29, 1.82) is 0 Å². The maximum Gasteiger partial charge on any atom is 0.319 e. The summed E-state index contributed by atoms with van der Waals surface area (Å²) in [6.07, 6.45) is 11.6. The molecule has 0 N–H and O–H groups in total. The molecular weight excluding hydrogens is 1770 g/mol. The average Bonchev–Trinajstić information content (AvgIpc) is 1.05. The topological polar surface area (TPSA) is 243 Å². The van der Waals surface area contributed by atoms with Crippen molar-refractivity contribution in [3.63, 3.8) is 0 Å². The summed E-state index contributed by atoms with van der Waals surface area (Å²) < 4.78 is 91.8. The SMILES string of the molecule is C.C=CC(=O)Cl.C=CC(=O)N1C[C@H](C)N(c2nc(OC[C@@H]3CN(C)CCO3)nc3c(F)c(-c4c(C)ccc5cnn(C)c45)c(Cl)cc23)C[C@H]1C.CC.Cc1ccc2cnn(C)c2c1-c1c(Cl)cc2c(N3C[C@@H](C)CC[C@@H]3C)nc(OC[C@@H]3CN(C)CCO3)nc2c1F.Cc1ccc2cnn(C)c2c1-c1c(Cl)cc2c(N3C[C@@H](C)CC[C@@H]3C)nc(OC[C@@H]3CN(C)CCO3)nc2c1F. The van der Waals surface area contributed by atoms with E-state index in [0.717, 1.165) is 127 Å². The van der Waals surface area contributed by atoms with Crippen LogP contribution in [0.25, 0.3) is 98.8 Å². The number of aryl methyl sites for hydroxylation is 6. The first-order valence-electron chi connectivity index (χ1n) is 44.9. The third-order valence-corrected chi connectivity index (χ3v) is 26.5. The van der Waals surface area contributed by atoms with E-state index in [9.17, 15) is 9.59 Å². The average molecular weight is 1890 g/mol. The maximum atomic E-state index is 16.9. The number of nitrogens with zero attached hydrogens (tertiary/aromatic N) is 19. The van der Waals surface area contributed by atoms with Gasteiger partial charge in [-0.1, -0.05) is 119 Å². The second-order valence-corrected chi connectivity index (χ2v) is 36.9. The number of benzene rings is 6. The zero-order chi connectivity index (χ0) is 93.8. The van der Waals surface area contributed by atoms with Gasteiger partial charge in [-0.05, 0) is 166 Å². The third kappa shape index (κ3) is 21.2. The van der Waals surface area contributed by atoms with Gasteiger partial charge in [0, 0.05) is 176 Å². The lowest BCUT2D eigenvalue weighted by Crippen LogP contribution is -2.58. The number of carbonyl (C=O) groups excluding carboxylic acids is 2. The highest BCUT2D eigenvalue weighted by Gasteiger charge is 2.38. The Hall–Kier alpha value is -10.1. The van der Waals surface area contributed by atoms with Crippen LogP contribution in [-0.4, -0.2) is 259 Å². The summed E-state index contributed by atoms with van der Waals surface area (Å²) in [5, 5.41) is 17.9. The number of amides is 1. The highest BCUT2D eigenvalue weighted by atomic mass is 35.5. The van der Waals surface area contributed by atoms with E-state index in [2.05, 4.69) is 115 Å². The predicted octanol–water partition coefficient (Wildman–Crippen LogP) is 18.4. The molecule has 9 atom stereocenters. The number of anilines is 3. The molecule has 6 aliphatic heterocycles.